The monoisotopic (exact) mass is 1050 g/mol. The van der Waals surface area contributed by atoms with Crippen molar-refractivity contribution in [2.75, 3.05) is 112 Å². The molecule has 1 saturated heterocycles. The first kappa shape index (κ1) is 63.2. The van der Waals surface area contributed by atoms with Gasteiger partial charge in [0.05, 0.1) is 57.6 Å². The minimum Gasteiger partial charge on any atom is -0.494 e. The molecule has 2 heterocycles. The molecular formula is C52H82N10O13. The van der Waals surface area contributed by atoms with Crippen molar-refractivity contribution in [2.24, 2.45) is 0 Å². The number of nitrogens with zero attached hydrogens (tertiary/aromatic N) is 3. The summed E-state index contributed by atoms with van der Waals surface area (Å²) in [4.78, 5) is 117. The summed E-state index contributed by atoms with van der Waals surface area (Å²) >= 11 is 0. The van der Waals surface area contributed by atoms with E-state index < -0.39 is 24.0 Å². The van der Waals surface area contributed by atoms with E-state index in [9.17, 15) is 43.2 Å². The van der Waals surface area contributed by atoms with Gasteiger partial charge in [-0.2, -0.15) is 0 Å². The Hall–Kier alpha value is -6.14. The summed E-state index contributed by atoms with van der Waals surface area (Å²) in [5.41, 5.74) is 1.33. The van der Waals surface area contributed by atoms with Gasteiger partial charge in [0.15, 0.2) is 6.29 Å². The van der Waals surface area contributed by atoms with E-state index in [4.69, 9.17) is 18.9 Å². The predicted molar refractivity (Wildman–Crippen MR) is 280 cm³/mol. The van der Waals surface area contributed by atoms with E-state index in [1.54, 1.807) is 19.3 Å². The lowest BCUT2D eigenvalue weighted by molar-refractivity contribution is -0.134. The van der Waals surface area contributed by atoms with Crippen LogP contribution >= 0.6 is 0 Å². The van der Waals surface area contributed by atoms with Crippen molar-refractivity contribution in [2.45, 2.75) is 109 Å². The van der Waals surface area contributed by atoms with Crippen LogP contribution < -0.4 is 42.0 Å². The Morgan fingerprint density at radius 3 is 2.12 bits per heavy atom. The maximum atomic E-state index is 12.8. The molecule has 3 rings (SSSR count). The van der Waals surface area contributed by atoms with Crippen molar-refractivity contribution in [1.29, 1.82) is 0 Å². The molecule has 23 heteroatoms. The molecule has 1 aliphatic heterocycles. The molecule has 2 aromatic rings. The van der Waals surface area contributed by atoms with Gasteiger partial charge in [-0.1, -0.05) is 0 Å². The number of ether oxygens (including phenoxy) is 4. The van der Waals surface area contributed by atoms with Crippen molar-refractivity contribution in [3.63, 3.8) is 0 Å². The average molecular weight is 1060 g/mol. The van der Waals surface area contributed by atoms with Gasteiger partial charge in [-0.05, 0) is 102 Å². The van der Waals surface area contributed by atoms with Crippen molar-refractivity contribution >= 4 is 65.3 Å². The van der Waals surface area contributed by atoms with E-state index in [1.807, 2.05) is 23.1 Å². The van der Waals surface area contributed by atoms with Crippen LogP contribution in [0.5, 0.6) is 5.75 Å². The number of aldehydes is 2. The minimum absolute atomic E-state index is 0.0180. The molecule has 3 unspecified atom stereocenters. The highest BCUT2D eigenvalue weighted by molar-refractivity contribution is 5.96. The number of carbonyl (C=O) groups excluding carboxylic acids is 9. The first-order valence-corrected chi connectivity index (χ1v) is 26.4. The van der Waals surface area contributed by atoms with Crippen LogP contribution in [-0.2, 0) is 52.6 Å². The molecule has 7 N–H and O–H groups in total. The van der Waals surface area contributed by atoms with E-state index in [-0.39, 0.29) is 81.8 Å². The van der Waals surface area contributed by atoms with E-state index in [0.29, 0.717) is 121 Å². The largest absolute Gasteiger partial charge is 0.494 e. The van der Waals surface area contributed by atoms with Crippen molar-refractivity contribution in [1.82, 2.24) is 52.0 Å². The van der Waals surface area contributed by atoms with Crippen LogP contribution in [0.15, 0.2) is 30.5 Å². The Kier molecular flexibility index (Phi) is 33.1. The molecule has 3 atom stereocenters. The molecule has 7 amide bonds. The van der Waals surface area contributed by atoms with Crippen molar-refractivity contribution in [3.8, 4) is 5.75 Å². The number of pyridine rings is 1. The second kappa shape index (κ2) is 39.3. The van der Waals surface area contributed by atoms with Crippen LogP contribution in [0.25, 0.3) is 10.9 Å². The first-order chi connectivity index (χ1) is 36.5. The topological polar surface area (TPSA) is 294 Å². The Morgan fingerprint density at radius 2 is 1.37 bits per heavy atom. The van der Waals surface area contributed by atoms with Crippen LogP contribution in [0.3, 0.4) is 0 Å². The van der Waals surface area contributed by atoms with Crippen LogP contribution in [0.4, 0.5) is 0 Å². The predicted octanol–water partition coefficient (Wildman–Crippen LogP) is 0.562. The Bertz CT molecular complexity index is 2040. The van der Waals surface area contributed by atoms with Gasteiger partial charge in [0.25, 0.3) is 0 Å². The van der Waals surface area contributed by atoms with Crippen molar-refractivity contribution < 1.29 is 62.1 Å². The third-order valence-electron chi connectivity index (χ3n) is 12.2. The number of piperazine rings is 1. The second-order valence-electron chi connectivity index (χ2n) is 18.1. The SMILES string of the molecule is CNCCCC(C=O)NC(=O)C(CCCCNC(=O)CCOCCOCCNC(=O)CCC(NC(C)=O)C(=O)NCCCCCOCCC(=O)N1CCN(CCCOc2ccc3nccc(C=O)c3c2)CC1)NC=O. The minimum atomic E-state index is -0.862. The third kappa shape index (κ3) is 27.8. The van der Waals surface area contributed by atoms with Gasteiger partial charge in [-0.25, -0.2) is 0 Å². The Labute approximate surface area is 440 Å². The summed E-state index contributed by atoms with van der Waals surface area (Å²) in [6.45, 7) is 9.14. The number of benzene rings is 1. The van der Waals surface area contributed by atoms with Crippen LogP contribution in [0.1, 0.15) is 101 Å². The van der Waals surface area contributed by atoms with Crippen LogP contribution in [-0.4, -0.2) is 200 Å². The van der Waals surface area contributed by atoms with E-state index >= 15 is 0 Å². The fourth-order valence-corrected chi connectivity index (χ4v) is 8.04. The normalized spacial score (nSPS) is 13.7. The smallest absolute Gasteiger partial charge is 0.243 e. The lowest BCUT2D eigenvalue weighted by atomic mass is 10.1. The number of aromatic nitrogens is 1. The van der Waals surface area contributed by atoms with Gasteiger partial charge in [0.2, 0.25) is 41.9 Å². The number of fused-ring (bicyclic) bond motifs is 1. The number of hydrogen-bond donors (Lipinski definition) is 7. The van der Waals surface area contributed by atoms with Gasteiger partial charge < -0.3 is 65.9 Å². The van der Waals surface area contributed by atoms with Crippen LogP contribution in [0.2, 0.25) is 0 Å². The molecule has 0 saturated carbocycles. The Balaban J connectivity index is 1.11. The maximum absolute atomic E-state index is 12.8. The number of unbranched alkanes of at least 4 members (excludes halogenated alkanes) is 3. The zero-order valence-corrected chi connectivity index (χ0v) is 44.0. The molecule has 418 valence electrons. The molecule has 0 bridgehead atoms. The third-order valence-corrected chi connectivity index (χ3v) is 12.2. The molecule has 75 heavy (non-hydrogen) atoms. The quantitative estimate of drug-likeness (QED) is 0.0353. The molecular weight excluding hydrogens is 973 g/mol. The first-order valence-electron chi connectivity index (χ1n) is 26.4. The standard InChI is InChI=1S/C52H82N10O13/c1-40(66)59-47(14-15-48(67)56-23-33-74-35-34-73-31-17-49(68)55-20-6-4-11-46(58-39-65)52(71)60-42(38-64)10-8-19-53-2)51(70)57-21-5-3-7-29-72-32-18-50(69)62-27-25-61(26-28-62)24-9-30-75-43-12-13-45-44(36-43)41(37-63)16-22-54-45/h12-13,16,22,36-39,42,46-47,53H,3-11,14-15,17-21,23-35H2,1-2H3,(H,55,68)(H,56,67)(H,57,70)(H,58,65)(H,59,66)(H,60,71). The van der Waals surface area contributed by atoms with Gasteiger partial charge in [-0.3, -0.25) is 48.2 Å². The van der Waals surface area contributed by atoms with E-state index in [0.717, 1.165) is 56.1 Å². The molecule has 0 spiro atoms. The molecule has 0 radical (unpaired) electrons. The van der Waals surface area contributed by atoms with Gasteiger partial charge >= 0.3 is 0 Å². The maximum Gasteiger partial charge on any atom is 0.243 e. The van der Waals surface area contributed by atoms with Gasteiger partial charge in [-0.15, -0.1) is 0 Å². The summed E-state index contributed by atoms with van der Waals surface area (Å²) in [6, 6.07) is 4.97. The second-order valence-corrected chi connectivity index (χ2v) is 18.1. The van der Waals surface area contributed by atoms with Gasteiger partial charge in [0.1, 0.15) is 24.1 Å². The molecule has 1 aliphatic rings. The lowest BCUT2D eigenvalue weighted by Gasteiger charge is -2.34. The van der Waals surface area contributed by atoms with Crippen molar-refractivity contribution in [3.05, 3.63) is 36.0 Å². The lowest BCUT2D eigenvalue weighted by Crippen LogP contribution is -2.49. The molecule has 0 aliphatic carbocycles. The zero-order valence-electron chi connectivity index (χ0n) is 44.0. The Morgan fingerprint density at radius 1 is 0.653 bits per heavy atom. The fourth-order valence-electron chi connectivity index (χ4n) is 8.04. The molecule has 1 aromatic carbocycles. The van der Waals surface area contributed by atoms with Gasteiger partial charge in [0, 0.05) is 95.9 Å². The fraction of sp³-hybridized carbons (Fsp3) is 0.654. The highest BCUT2D eigenvalue weighted by Gasteiger charge is 2.23. The summed E-state index contributed by atoms with van der Waals surface area (Å²) in [7, 11) is 1.80. The average Bonchev–Trinajstić information content (AvgIpc) is 3.41. The molecule has 1 aromatic heterocycles. The summed E-state index contributed by atoms with van der Waals surface area (Å²) in [5.74, 6) is -0.883. The molecule has 1 fully saturated rings. The highest BCUT2D eigenvalue weighted by atomic mass is 16.5. The van der Waals surface area contributed by atoms with E-state index in [2.05, 4.69) is 47.1 Å². The highest BCUT2D eigenvalue weighted by Crippen LogP contribution is 2.22. The number of amides is 7. The molecule has 23 nitrogen and oxygen atoms in total. The number of rotatable bonds is 43. The number of nitrogens with one attached hydrogen (secondary N) is 7. The number of hydrogen-bond acceptors (Lipinski definition) is 16. The van der Waals surface area contributed by atoms with E-state index in [1.165, 1.54) is 6.92 Å². The number of carbonyl (C=O) groups is 9. The summed E-state index contributed by atoms with van der Waals surface area (Å²) in [5, 5.41) is 19.9. The zero-order chi connectivity index (χ0) is 54.3. The summed E-state index contributed by atoms with van der Waals surface area (Å²) < 4.78 is 22.6. The van der Waals surface area contributed by atoms with Crippen LogP contribution in [0, 0.1) is 0 Å². The summed E-state index contributed by atoms with van der Waals surface area (Å²) in [6.07, 6.45) is 9.96.